The molecule has 0 aliphatic rings. The Bertz CT molecular complexity index is 1300. The third kappa shape index (κ3) is 5.41. The van der Waals surface area contributed by atoms with Gasteiger partial charge in [0.15, 0.2) is 11.0 Å². The van der Waals surface area contributed by atoms with Gasteiger partial charge in [-0.3, -0.25) is 9.36 Å². The number of hydrogen-bond donors (Lipinski definition) is 1. The van der Waals surface area contributed by atoms with Crippen LogP contribution < -0.4 is 5.32 Å². The molecule has 1 amide bonds. The lowest BCUT2D eigenvalue weighted by atomic mass is 10.1. The van der Waals surface area contributed by atoms with Crippen LogP contribution in [0.15, 0.2) is 65.8 Å². The van der Waals surface area contributed by atoms with Crippen molar-refractivity contribution >= 4 is 46.6 Å². The van der Waals surface area contributed by atoms with Crippen LogP contribution in [-0.2, 0) is 4.79 Å². The van der Waals surface area contributed by atoms with Gasteiger partial charge >= 0.3 is 0 Å². The lowest BCUT2D eigenvalue weighted by molar-refractivity contribution is -0.113. The van der Waals surface area contributed by atoms with Gasteiger partial charge < -0.3 is 5.32 Å². The van der Waals surface area contributed by atoms with Gasteiger partial charge in [-0.1, -0.05) is 64.8 Å². The lowest BCUT2D eigenvalue weighted by Crippen LogP contribution is -2.16. The van der Waals surface area contributed by atoms with Gasteiger partial charge in [0.1, 0.15) is 0 Å². The van der Waals surface area contributed by atoms with Crippen molar-refractivity contribution < 1.29 is 4.79 Å². The van der Waals surface area contributed by atoms with E-state index in [0.29, 0.717) is 21.0 Å². The highest BCUT2D eigenvalue weighted by Crippen LogP contribution is 2.30. The number of amides is 1. The normalized spacial score (nSPS) is 10.9. The van der Waals surface area contributed by atoms with Crippen molar-refractivity contribution in [2.75, 3.05) is 11.1 Å². The SMILES string of the molecule is Cc1cc(C)c(NC(=O)CSc2nnc(-c3cccc(Cl)c3)n2-c2ccc(Cl)cc2)c(C)c1. The van der Waals surface area contributed by atoms with Gasteiger partial charge in [0.25, 0.3) is 0 Å². The van der Waals surface area contributed by atoms with Crippen LogP contribution in [0.5, 0.6) is 0 Å². The monoisotopic (exact) mass is 496 g/mol. The average molecular weight is 497 g/mol. The molecule has 0 aliphatic heterocycles. The Morgan fingerprint density at radius 3 is 2.30 bits per heavy atom. The van der Waals surface area contributed by atoms with Gasteiger partial charge in [-0.15, -0.1) is 10.2 Å². The molecule has 4 aromatic rings. The second-order valence-electron chi connectivity index (χ2n) is 7.74. The number of aryl methyl sites for hydroxylation is 3. The molecule has 168 valence electrons. The van der Waals surface area contributed by atoms with Crippen LogP contribution in [0.4, 0.5) is 5.69 Å². The smallest absolute Gasteiger partial charge is 0.234 e. The van der Waals surface area contributed by atoms with E-state index < -0.39 is 0 Å². The first kappa shape index (κ1) is 23.4. The minimum Gasteiger partial charge on any atom is -0.325 e. The number of halogens is 2. The molecule has 1 N–H and O–H groups in total. The summed E-state index contributed by atoms with van der Waals surface area (Å²) in [7, 11) is 0. The number of rotatable bonds is 6. The highest BCUT2D eigenvalue weighted by molar-refractivity contribution is 7.99. The molecule has 5 nitrogen and oxygen atoms in total. The summed E-state index contributed by atoms with van der Waals surface area (Å²) in [5.74, 6) is 0.714. The number of aromatic nitrogens is 3. The van der Waals surface area contributed by atoms with Crippen LogP contribution in [0.25, 0.3) is 17.1 Å². The number of anilines is 1. The van der Waals surface area contributed by atoms with Gasteiger partial charge in [0.2, 0.25) is 5.91 Å². The van der Waals surface area contributed by atoms with Gasteiger partial charge in [-0.05, 0) is 68.3 Å². The molecule has 3 aromatic carbocycles. The average Bonchev–Trinajstić information content (AvgIpc) is 3.19. The largest absolute Gasteiger partial charge is 0.325 e. The van der Waals surface area contributed by atoms with E-state index in [0.717, 1.165) is 28.1 Å². The van der Waals surface area contributed by atoms with Crippen molar-refractivity contribution in [1.82, 2.24) is 14.8 Å². The number of hydrogen-bond acceptors (Lipinski definition) is 4. The van der Waals surface area contributed by atoms with E-state index in [4.69, 9.17) is 23.2 Å². The van der Waals surface area contributed by atoms with Crippen molar-refractivity contribution in [2.24, 2.45) is 0 Å². The molecular formula is C25H22Cl2N4OS. The zero-order valence-corrected chi connectivity index (χ0v) is 20.7. The highest BCUT2D eigenvalue weighted by atomic mass is 35.5. The third-order valence-corrected chi connectivity index (χ3v) is 6.49. The quantitative estimate of drug-likeness (QED) is 0.295. The highest BCUT2D eigenvalue weighted by Gasteiger charge is 2.18. The molecule has 0 aliphatic carbocycles. The summed E-state index contributed by atoms with van der Waals surface area (Å²) in [5.41, 5.74) is 5.77. The molecule has 4 rings (SSSR count). The Morgan fingerprint density at radius 1 is 0.939 bits per heavy atom. The molecule has 0 saturated heterocycles. The zero-order valence-electron chi connectivity index (χ0n) is 18.4. The van der Waals surface area contributed by atoms with Crippen LogP contribution >= 0.6 is 35.0 Å². The van der Waals surface area contributed by atoms with E-state index in [1.54, 1.807) is 0 Å². The summed E-state index contributed by atoms with van der Waals surface area (Å²) in [6.45, 7) is 6.04. The van der Waals surface area contributed by atoms with Crippen LogP contribution in [0.1, 0.15) is 16.7 Å². The van der Waals surface area contributed by atoms with E-state index in [2.05, 4.69) is 27.6 Å². The first-order chi connectivity index (χ1) is 15.8. The summed E-state index contributed by atoms with van der Waals surface area (Å²) >= 11 is 13.6. The minimum atomic E-state index is -0.106. The lowest BCUT2D eigenvalue weighted by Gasteiger charge is -2.13. The maximum atomic E-state index is 12.8. The fraction of sp³-hybridized carbons (Fsp3) is 0.160. The molecule has 0 saturated carbocycles. The maximum absolute atomic E-state index is 12.8. The predicted molar refractivity (Wildman–Crippen MR) is 137 cm³/mol. The zero-order chi connectivity index (χ0) is 23.5. The second kappa shape index (κ2) is 10.00. The fourth-order valence-electron chi connectivity index (χ4n) is 3.68. The van der Waals surface area contributed by atoms with Crippen LogP contribution in [0, 0.1) is 20.8 Å². The molecule has 0 atom stereocenters. The van der Waals surface area contributed by atoms with E-state index in [1.165, 1.54) is 17.3 Å². The summed E-state index contributed by atoms with van der Waals surface area (Å²) in [5, 5.41) is 13.6. The third-order valence-electron chi connectivity index (χ3n) is 5.07. The van der Waals surface area contributed by atoms with Crippen molar-refractivity contribution in [2.45, 2.75) is 25.9 Å². The van der Waals surface area contributed by atoms with E-state index in [9.17, 15) is 4.79 Å². The fourth-order valence-corrected chi connectivity index (χ4v) is 4.75. The van der Waals surface area contributed by atoms with Gasteiger partial charge in [0.05, 0.1) is 5.75 Å². The second-order valence-corrected chi connectivity index (χ2v) is 9.55. The van der Waals surface area contributed by atoms with Crippen molar-refractivity contribution in [3.63, 3.8) is 0 Å². The Morgan fingerprint density at radius 2 is 1.64 bits per heavy atom. The molecule has 0 unspecified atom stereocenters. The molecule has 0 fully saturated rings. The minimum absolute atomic E-state index is 0.106. The number of thioether (sulfide) groups is 1. The first-order valence-corrected chi connectivity index (χ1v) is 12.0. The topological polar surface area (TPSA) is 59.8 Å². The molecule has 8 heteroatoms. The van der Waals surface area contributed by atoms with E-state index in [1.807, 2.05) is 73.9 Å². The maximum Gasteiger partial charge on any atom is 0.234 e. The Kier molecular flexibility index (Phi) is 7.08. The van der Waals surface area contributed by atoms with Gasteiger partial charge in [0, 0.05) is 27.0 Å². The van der Waals surface area contributed by atoms with Crippen molar-refractivity contribution in [1.29, 1.82) is 0 Å². The number of carbonyl (C=O) groups excluding carboxylic acids is 1. The Labute approximate surface area is 207 Å². The molecule has 0 bridgehead atoms. The van der Waals surface area contributed by atoms with Crippen LogP contribution in [0.2, 0.25) is 10.0 Å². The number of nitrogens with zero attached hydrogens (tertiary/aromatic N) is 3. The van der Waals surface area contributed by atoms with Gasteiger partial charge in [-0.25, -0.2) is 0 Å². The Balaban J connectivity index is 1.61. The molecule has 33 heavy (non-hydrogen) atoms. The predicted octanol–water partition coefficient (Wildman–Crippen LogP) is 6.90. The standard InChI is InChI=1S/C25H22Cl2N4OS/c1-15-11-16(2)23(17(3)12-15)28-22(32)14-33-25-30-29-24(18-5-4-6-20(27)13-18)31(25)21-9-7-19(26)8-10-21/h4-13H,14H2,1-3H3,(H,28,32). The van der Waals surface area contributed by atoms with E-state index in [-0.39, 0.29) is 11.7 Å². The number of nitrogens with one attached hydrogen (secondary N) is 1. The Hall–Kier alpha value is -2.80. The van der Waals surface area contributed by atoms with Crippen molar-refractivity contribution in [3.05, 3.63) is 87.4 Å². The van der Waals surface area contributed by atoms with Crippen LogP contribution in [-0.4, -0.2) is 26.4 Å². The summed E-state index contributed by atoms with van der Waals surface area (Å²) < 4.78 is 1.91. The molecule has 0 radical (unpaired) electrons. The molecule has 1 aromatic heterocycles. The van der Waals surface area contributed by atoms with Crippen molar-refractivity contribution in [3.8, 4) is 17.1 Å². The summed E-state index contributed by atoms with van der Waals surface area (Å²) in [4.78, 5) is 12.8. The summed E-state index contributed by atoms with van der Waals surface area (Å²) in [6, 6.07) is 19.0. The molecular weight excluding hydrogens is 475 g/mol. The number of benzene rings is 3. The first-order valence-electron chi connectivity index (χ1n) is 10.3. The molecule has 0 spiro atoms. The van der Waals surface area contributed by atoms with Crippen LogP contribution in [0.3, 0.4) is 0 Å². The van der Waals surface area contributed by atoms with E-state index >= 15 is 0 Å². The van der Waals surface area contributed by atoms with Gasteiger partial charge in [-0.2, -0.15) is 0 Å². The molecule has 1 heterocycles. The summed E-state index contributed by atoms with van der Waals surface area (Å²) in [6.07, 6.45) is 0. The number of carbonyl (C=O) groups is 1.